The molecule has 0 N–H and O–H groups in total. The van der Waals surface area contributed by atoms with Crippen LogP contribution in [0.2, 0.25) is 0 Å². The first-order chi connectivity index (χ1) is 13.9. The molecule has 8 heteroatoms. The highest BCUT2D eigenvalue weighted by molar-refractivity contribution is 6.03. The van der Waals surface area contributed by atoms with Crippen LogP contribution < -0.4 is 9.80 Å². The van der Waals surface area contributed by atoms with E-state index < -0.39 is 0 Å². The highest BCUT2D eigenvalue weighted by atomic mass is 19.1. The molecule has 0 radical (unpaired) electrons. The zero-order valence-electron chi connectivity index (χ0n) is 16.7. The molecule has 1 aliphatic rings. The maximum absolute atomic E-state index is 13.0. The number of nitrogens with zero attached hydrogens (tertiary/aromatic N) is 6. The van der Waals surface area contributed by atoms with Crippen molar-refractivity contribution in [3.63, 3.8) is 0 Å². The van der Waals surface area contributed by atoms with E-state index in [1.807, 2.05) is 35.9 Å². The number of hydrogen-bond acceptors (Lipinski definition) is 5. The van der Waals surface area contributed by atoms with Gasteiger partial charge in [-0.3, -0.25) is 9.48 Å². The van der Waals surface area contributed by atoms with Crippen LogP contribution in [0.4, 0.5) is 15.9 Å². The quantitative estimate of drug-likeness (QED) is 0.665. The monoisotopic (exact) mass is 394 g/mol. The van der Waals surface area contributed by atoms with Crippen molar-refractivity contribution in [1.82, 2.24) is 19.7 Å². The molecule has 0 aliphatic carbocycles. The minimum atomic E-state index is -0.250. The third-order valence-corrected chi connectivity index (χ3v) is 5.35. The van der Waals surface area contributed by atoms with E-state index >= 15 is 0 Å². The third kappa shape index (κ3) is 3.83. The molecule has 7 nitrogen and oxygen atoms in total. The van der Waals surface area contributed by atoms with Gasteiger partial charge in [0.25, 0.3) is 0 Å². The number of fused-ring (bicyclic) bond motifs is 1. The number of benzene rings is 1. The lowest BCUT2D eigenvalue weighted by atomic mass is 10.1. The van der Waals surface area contributed by atoms with Gasteiger partial charge in [-0.2, -0.15) is 5.10 Å². The molecule has 3 heterocycles. The number of hydrogen-bond donors (Lipinski definition) is 0. The summed E-state index contributed by atoms with van der Waals surface area (Å²) >= 11 is 0. The van der Waals surface area contributed by atoms with Crippen molar-refractivity contribution in [2.24, 2.45) is 0 Å². The zero-order valence-corrected chi connectivity index (χ0v) is 16.7. The summed E-state index contributed by atoms with van der Waals surface area (Å²) < 4.78 is 14.9. The van der Waals surface area contributed by atoms with Gasteiger partial charge in [0.15, 0.2) is 5.82 Å². The first kappa shape index (κ1) is 19.0. The molecule has 1 aromatic carbocycles. The van der Waals surface area contributed by atoms with Crippen LogP contribution in [-0.4, -0.2) is 45.8 Å². The number of carbonyl (C=O) groups is 1. The molecule has 1 amide bonds. The van der Waals surface area contributed by atoms with Gasteiger partial charge in [-0.05, 0) is 36.6 Å². The van der Waals surface area contributed by atoms with Crippen molar-refractivity contribution in [3.05, 3.63) is 65.6 Å². The summed E-state index contributed by atoms with van der Waals surface area (Å²) in [6, 6.07) is 6.18. The van der Waals surface area contributed by atoms with Gasteiger partial charge in [-0.1, -0.05) is 12.1 Å². The Morgan fingerprint density at radius 1 is 1.07 bits per heavy atom. The lowest BCUT2D eigenvalue weighted by molar-refractivity contribution is -0.119. The second-order valence-electron chi connectivity index (χ2n) is 7.35. The number of halogens is 1. The Hall–Kier alpha value is -3.29. The molecule has 0 saturated heterocycles. The van der Waals surface area contributed by atoms with Crippen LogP contribution >= 0.6 is 0 Å². The maximum Gasteiger partial charge on any atom is 0.249 e. The predicted molar refractivity (Wildman–Crippen MR) is 108 cm³/mol. The Kier molecular flexibility index (Phi) is 5.00. The molecule has 0 fully saturated rings. The number of aryl methyl sites for hydroxylation is 2. The fourth-order valence-corrected chi connectivity index (χ4v) is 3.42. The van der Waals surface area contributed by atoms with Gasteiger partial charge in [0.05, 0.1) is 18.9 Å². The molecule has 1 atom stereocenters. The number of amides is 1. The summed E-state index contributed by atoms with van der Waals surface area (Å²) in [6.45, 7) is 2.47. The third-order valence-electron chi connectivity index (χ3n) is 5.35. The summed E-state index contributed by atoms with van der Waals surface area (Å²) in [5, 5.41) is 4.39. The summed E-state index contributed by atoms with van der Waals surface area (Å²) in [7, 11) is 3.63. The largest absolute Gasteiger partial charge is 0.346 e. The number of aromatic nitrogens is 4. The average molecular weight is 394 g/mol. The molecule has 29 heavy (non-hydrogen) atoms. The SMILES string of the molecule is C[C@H]1C(=O)N(C)c2cnc(CCc3cnn(Cc4ccc(F)cc4)c3)nc2N1C. The summed E-state index contributed by atoms with van der Waals surface area (Å²) in [5.74, 6) is 1.30. The Morgan fingerprint density at radius 3 is 2.59 bits per heavy atom. The Labute approximate surface area is 168 Å². The Bertz CT molecular complexity index is 1030. The van der Waals surface area contributed by atoms with E-state index in [0.29, 0.717) is 13.0 Å². The minimum absolute atomic E-state index is 0.0323. The standard InChI is InChI=1S/C21H23FN6O/c1-14-21(29)27(3)18-11-23-19(25-20(18)26(14)2)9-6-16-10-24-28(13-16)12-15-4-7-17(22)8-5-15/h4-5,7-8,10-11,13-14H,6,9,12H2,1-3H3/t14-/m0/s1. The molecular formula is C21H23FN6O. The van der Waals surface area contributed by atoms with Crippen molar-refractivity contribution in [3.8, 4) is 0 Å². The molecule has 1 aliphatic heterocycles. The normalized spacial score (nSPS) is 16.3. The number of likely N-dealkylation sites (N-methyl/N-ethyl adjacent to an activating group) is 2. The van der Waals surface area contributed by atoms with Gasteiger partial charge in [0.2, 0.25) is 5.91 Å². The van der Waals surface area contributed by atoms with E-state index in [2.05, 4.69) is 15.1 Å². The van der Waals surface area contributed by atoms with E-state index in [9.17, 15) is 9.18 Å². The second-order valence-corrected chi connectivity index (χ2v) is 7.35. The average Bonchev–Trinajstić information content (AvgIpc) is 3.18. The lowest BCUT2D eigenvalue weighted by Crippen LogP contribution is -2.49. The highest BCUT2D eigenvalue weighted by Crippen LogP contribution is 2.31. The van der Waals surface area contributed by atoms with Crippen LogP contribution in [0.1, 0.15) is 23.9 Å². The van der Waals surface area contributed by atoms with E-state index in [0.717, 1.165) is 34.9 Å². The van der Waals surface area contributed by atoms with Crippen molar-refractivity contribution in [2.45, 2.75) is 32.4 Å². The summed E-state index contributed by atoms with van der Waals surface area (Å²) in [5.41, 5.74) is 2.81. The van der Waals surface area contributed by atoms with Gasteiger partial charge >= 0.3 is 0 Å². The first-order valence-corrected chi connectivity index (χ1v) is 9.54. The number of anilines is 2. The van der Waals surface area contributed by atoms with Crippen LogP contribution in [0.15, 0.2) is 42.9 Å². The van der Waals surface area contributed by atoms with Crippen molar-refractivity contribution < 1.29 is 9.18 Å². The van der Waals surface area contributed by atoms with Crippen LogP contribution in [0.25, 0.3) is 0 Å². The van der Waals surface area contributed by atoms with Gasteiger partial charge in [0, 0.05) is 26.7 Å². The lowest BCUT2D eigenvalue weighted by Gasteiger charge is -2.36. The first-order valence-electron chi connectivity index (χ1n) is 9.54. The smallest absolute Gasteiger partial charge is 0.249 e. The second kappa shape index (κ2) is 7.62. The van der Waals surface area contributed by atoms with Gasteiger partial charge in [-0.25, -0.2) is 14.4 Å². The highest BCUT2D eigenvalue weighted by Gasteiger charge is 2.32. The molecule has 3 aromatic rings. The Morgan fingerprint density at radius 2 is 1.83 bits per heavy atom. The number of rotatable bonds is 5. The summed E-state index contributed by atoms with van der Waals surface area (Å²) in [6.07, 6.45) is 6.98. The zero-order chi connectivity index (χ0) is 20.5. The molecule has 150 valence electrons. The molecule has 0 unspecified atom stereocenters. The molecule has 0 bridgehead atoms. The van der Waals surface area contributed by atoms with Gasteiger partial charge in [-0.15, -0.1) is 0 Å². The topological polar surface area (TPSA) is 67.2 Å². The van der Waals surface area contributed by atoms with Crippen LogP contribution in [0.3, 0.4) is 0 Å². The van der Waals surface area contributed by atoms with Crippen molar-refractivity contribution >= 4 is 17.4 Å². The van der Waals surface area contributed by atoms with Crippen molar-refractivity contribution in [2.75, 3.05) is 23.9 Å². The van der Waals surface area contributed by atoms with Crippen LogP contribution in [0.5, 0.6) is 0 Å². The predicted octanol–water partition coefficient (Wildman–Crippen LogP) is 2.45. The molecular weight excluding hydrogens is 371 g/mol. The van der Waals surface area contributed by atoms with E-state index in [1.165, 1.54) is 12.1 Å². The van der Waals surface area contributed by atoms with Crippen molar-refractivity contribution in [1.29, 1.82) is 0 Å². The minimum Gasteiger partial charge on any atom is -0.346 e. The fourth-order valence-electron chi connectivity index (χ4n) is 3.42. The molecule has 2 aromatic heterocycles. The van der Waals surface area contributed by atoms with Gasteiger partial charge in [0.1, 0.15) is 23.4 Å². The fraction of sp³-hybridized carbons (Fsp3) is 0.333. The van der Waals surface area contributed by atoms with Gasteiger partial charge < -0.3 is 9.80 Å². The van der Waals surface area contributed by atoms with E-state index in [4.69, 9.17) is 0 Å². The summed E-state index contributed by atoms with van der Waals surface area (Å²) in [4.78, 5) is 24.9. The number of carbonyl (C=O) groups excluding carboxylic acids is 1. The molecule has 0 saturated carbocycles. The van der Waals surface area contributed by atoms with Crippen LogP contribution in [0, 0.1) is 5.82 Å². The van der Waals surface area contributed by atoms with E-state index in [1.54, 1.807) is 30.3 Å². The van der Waals surface area contributed by atoms with E-state index in [-0.39, 0.29) is 17.8 Å². The van der Waals surface area contributed by atoms with Crippen LogP contribution in [-0.2, 0) is 24.2 Å². The Balaban J connectivity index is 1.43. The molecule has 0 spiro atoms. The maximum atomic E-state index is 13.0. The molecule has 4 rings (SSSR count).